The van der Waals surface area contributed by atoms with Crippen molar-refractivity contribution in [3.63, 3.8) is 0 Å². The summed E-state index contributed by atoms with van der Waals surface area (Å²) in [6.07, 6.45) is 6.83. The van der Waals surface area contributed by atoms with Crippen molar-refractivity contribution in [3.05, 3.63) is 59.4 Å². The van der Waals surface area contributed by atoms with E-state index in [-0.39, 0.29) is 17.2 Å². The number of piperidine rings is 1. The van der Waals surface area contributed by atoms with E-state index in [4.69, 9.17) is 4.98 Å². The third-order valence-corrected chi connectivity index (χ3v) is 7.27. The van der Waals surface area contributed by atoms with Gasteiger partial charge in [-0.1, -0.05) is 18.2 Å². The van der Waals surface area contributed by atoms with E-state index in [0.29, 0.717) is 6.54 Å². The number of nitrogens with one attached hydrogen (secondary N) is 1. The molecule has 1 atom stereocenters. The van der Waals surface area contributed by atoms with Crippen molar-refractivity contribution in [1.29, 1.82) is 0 Å². The van der Waals surface area contributed by atoms with Gasteiger partial charge in [-0.3, -0.25) is 14.7 Å². The number of likely N-dealkylation sites (tertiary alicyclic amines) is 1. The van der Waals surface area contributed by atoms with Crippen molar-refractivity contribution in [2.45, 2.75) is 32.4 Å². The Bertz CT molecular complexity index is 945. The maximum absolute atomic E-state index is 12.6. The van der Waals surface area contributed by atoms with Crippen molar-refractivity contribution < 1.29 is 4.79 Å². The van der Waals surface area contributed by atoms with Crippen molar-refractivity contribution in [3.8, 4) is 0 Å². The van der Waals surface area contributed by atoms with Gasteiger partial charge >= 0.3 is 0 Å². The summed E-state index contributed by atoms with van der Waals surface area (Å²) in [4.78, 5) is 23.9. The molecule has 1 N–H and O–H groups in total. The van der Waals surface area contributed by atoms with Gasteiger partial charge in [-0.15, -0.1) is 11.3 Å². The Morgan fingerprint density at radius 1 is 1.21 bits per heavy atom. The molecule has 6 heteroatoms. The van der Waals surface area contributed by atoms with Crippen molar-refractivity contribution in [1.82, 2.24) is 20.2 Å². The van der Waals surface area contributed by atoms with E-state index in [2.05, 4.69) is 33.4 Å². The molecule has 2 aromatic heterocycles. The van der Waals surface area contributed by atoms with Crippen LogP contribution < -0.4 is 5.32 Å². The highest BCUT2D eigenvalue weighted by molar-refractivity contribution is 7.18. The van der Waals surface area contributed by atoms with Crippen LogP contribution >= 0.6 is 11.3 Å². The molecular weight excluding hydrogens is 368 g/mol. The summed E-state index contributed by atoms with van der Waals surface area (Å²) in [5, 5.41) is 4.29. The second-order valence-electron chi connectivity index (χ2n) is 8.05. The molecule has 0 radical (unpaired) electrons. The molecule has 2 fully saturated rings. The highest BCUT2D eigenvalue weighted by atomic mass is 32.1. The van der Waals surface area contributed by atoms with Crippen LogP contribution in [0, 0.1) is 11.3 Å². The maximum atomic E-state index is 12.6. The van der Waals surface area contributed by atoms with Gasteiger partial charge in [0.2, 0.25) is 5.91 Å². The van der Waals surface area contributed by atoms with Gasteiger partial charge in [0.05, 0.1) is 16.8 Å². The van der Waals surface area contributed by atoms with E-state index in [1.807, 2.05) is 24.4 Å². The van der Waals surface area contributed by atoms with Gasteiger partial charge in [0.1, 0.15) is 5.01 Å². The number of pyridine rings is 1. The van der Waals surface area contributed by atoms with Gasteiger partial charge in [-0.05, 0) is 61.5 Å². The molecular formula is C22H24N4OS. The van der Waals surface area contributed by atoms with Crippen molar-refractivity contribution in [2.75, 3.05) is 13.1 Å². The number of benzene rings is 1. The monoisotopic (exact) mass is 392 g/mol. The van der Waals surface area contributed by atoms with Gasteiger partial charge in [0.15, 0.2) is 0 Å². The fourth-order valence-corrected chi connectivity index (χ4v) is 5.43. The molecule has 2 aliphatic rings. The Labute approximate surface area is 168 Å². The molecule has 144 valence electrons. The normalized spacial score (nSPS) is 21.1. The van der Waals surface area contributed by atoms with E-state index in [0.717, 1.165) is 50.0 Å². The highest BCUT2D eigenvalue weighted by Crippen LogP contribution is 2.59. The van der Waals surface area contributed by atoms with E-state index in [1.165, 1.54) is 9.71 Å². The Hall–Kier alpha value is -2.31. The first kappa shape index (κ1) is 17.8. The number of para-hydroxylation sites is 1. The lowest BCUT2D eigenvalue weighted by Gasteiger charge is -2.32. The SMILES string of the molecule is O=C(NCc1cccnc1)[C@@H]1CC12CCN(Cc1nc3ccccc3s1)CC2. The van der Waals surface area contributed by atoms with Gasteiger partial charge in [0, 0.05) is 24.9 Å². The fraction of sp³-hybridized carbons (Fsp3) is 0.409. The van der Waals surface area contributed by atoms with Crippen LogP contribution in [0.25, 0.3) is 10.2 Å². The quantitative estimate of drug-likeness (QED) is 0.721. The van der Waals surface area contributed by atoms with Crippen LogP contribution in [0.3, 0.4) is 0 Å². The number of carbonyl (C=O) groups excluding carboxylic acids is 1. The lowest BCUT2D eigenvalue weighted by atomic mass is 9.90. The maximum Gasteiger partial charge on any atom is 0.223 e. The van der Waals surface area contributed by atoms with Crippen LogP contribution in [-0.2, 0) is 17.9 Å². The number of aromatic nitrogens is 2. The van der Waals surface area contributed by atoms with Crippen LogP contribution in [0.15, 0.2) is 48.8 Å². The molecule has 1 spiro atoms. The predicted molar refractivity (Wildman–Crippen MR) is 111 cm³/mol. The molecule has 1 aliphatic carbocycles. The molecule has 0 bridgehead atoms. The largest absolute Gasteiger partial charge is 0.352 e. The minimum Gasteiger partial charge on any atom is -0.352 e. The Morgan fingerprint density at radius 3 is 2.86 bits per heavy atom. The van der Waals surface area contributed by atoms with Gasteiger partial charge in [0.25, 0.3) is 0 Å². The zero-order chi connectivity index (χ0) is 19.0. The van der Waals surface area contributed by atoms with E-state index >= 15 is 0 Å². The minimum atomic E-state index is 0.189. The number of nitrogens with zero attached hydrogens (tertiary/aromatic N) is 3. The number of amides is 1. The molecule has 0 unspecified atom stereocenters. The number of fused-ring (bicyclic) bond motifs is 1. The smallest absolute Gasteiger partial charge is 0.223 e. The summed E-state index contributed by atoms with van der Waals surface area (Å²) < 4.78 is 1.26. The van der Waals surface area contributed by atoms with Crippen molar-refractivity contribution >= 4 is 27.5 Å². The molecule has 1 aromatic carbocycles. The van der Waals surface area contributed by atoms with E-state index in [1.54, 1.807) is 17.5 Å². The summed E-state index contributed by atoms with van der Waals surface area (Å²) in [5.41, 5.74) is 2.39. The number of thiazole rings is 1. The second kappa shape index (κ2) is 7.26. The standard InChI is InChI=1S/C22H24N4OS/c27-21(24-14-16-4-3-9-23-13-16)17-12-22(17)7-10-26(11-8-22)15-20-25-18-5-1-2-6-19(18)28-20/h1-6,9,13,17H,7-8,10-12,14-15H2,(H,24,27)/t17-/m0/s1. The van der Waals surface area contributed by atoms with Gasteiger partial charge < -0.3 is 5.32 Å². The highest BCUT2D eigenvalue weighted by Gasteiger charge is 2.58. The zero-order valence-electron chi connectivity index (χ0n) is 15.8. The summed E-state index contributed by atoms with van der Waals surface area (Å²) in [6, 6.07) is 12.2. The molecule has 1 aliphatic heterocycles. The zero-order valence-corrected chi connectivity index (χ0v) is 16.6. The van der Waals surface area contributed by atoms with Crippen LogP contribution in [0.5, 0.6) is 0 Å². The Kier molecular flexibility index (Phi) is 4.61. The molecule has 5 nitrogen and oxygen atoms in total. The lowest BCUT2D eigenvalue weighted by molar-refractivity contribution is -0.123. The van der Waals surface area contributed by atoms with Gasteiger partial charge in [-0.25, -0.2) is 4.98 Å². The summed E-state index contributed by atoms with van der Waals surface area (Å²) in [7, 11) is 0. The predicted octanol–water partition coefficient (Wildman–Crippen LogP) is 3.61. The Balaban J connectivity index is 1.12. The average Bonchev–Trinajstić information content (AvgIpc) is 3.27. The molecule has 3 heterocycles. The summed E-state index contributed by atoms with van der Waals surface area (Å²) in [5.74, 6) is 0.400. The molecule has 28 heavy (non-hydrogen) atoms. The molecule has 1 amide bonds. The van der Waals surface area contributed by atoms with Crippen LogP contribution in [0.1, 0.15) is 29.8 Å². The minimum absolute atomic E-state index is 0.189. The first-order valence-corrected chi connectivity index (χ1v) is 10.8. The molecule has 5 rings (SSSR count). The number of carbonyl (C=O) groups is 1. The van der Waals surface area contributed by atoms with Crippen molar-refractivity contribution in [2.24, 2.45) is 11.3 Å². The lowest BCUT2D eigenvalue weighted by Crippen LogP contribution is -2.36. The molecule has 1 saturated carbocycles. The summed E-state index contributed by atoms with van der Waals surface area (Å²) in [6.45, 7) is 3.61. The average molecular weight is 393 g/mol. The third kappa shape index (κ3) is 3.54. The fourth-order valence-electron chi connectivity index (χ4n) is 4.42. The molecule has 1 saturated heterocycles. The van der Waals surface area contributed by atoms with E-state index < -0.39 is 0 Å². The number of rotatable bonds is 5. The Morgan fingerprint density at radius 2 is 2.07 bits per heavy atom. The van der Waals surface area contributed by atoms with Crippen LogP contribution in [-0.4, -0.2) is 33.9 Å². The number of hydrogen-bond donors (Lipinski definition) is 1. The van der Waals surface area contributed by atoms with E-state index in [9.17, 15) is 4.79 Å². The van der Waals surface area contributed by atoms with Crippen LogP contribution in [0.4, 0.5) is 0 Å². The van der Waals surface area contributed by atoms with Gasteiger partial charge in [-0.2, -0.15) is 0 Å². The third-order valence-electron chi connectivity index (χ3n) is 6.24. The summed E-state index contributed by atoms with van der Waals surface area (Å²) >= 11 is 1.79. The first-order chi connectivity index (χ1) is 13.7. The molecule has 3 aromatic rings. The first-order valence-electron chi connectivity index (χ1n) is 9.95. The topological polar surface area (TPSA) is 58.1 Å². The number of hydrogen-bond acceptors (Lipinski definition) is 5. The second-order valence-corrected chi connectivity index (χ2v) is 9.16. The van der Waals surface area contributed by atoms with Crippen LogP contribution in [0.2, 0.25) is 0 Å².